The van der Waals surface area contributed by atoms with Gasteiger partial charge in [-0.1, -0.05) is 43.3 Å². The zero-order chi connectivity index (χ0) is 12.0. The zero-order valence-corrected chi connectivity index (χ0v) is 9.94. The molecular formula is C14H19NO. The van der Waals surface area contributed by atoms with Crippen molar-refractivity contribution >= 4 is 5.91 Å². The summed E-state index contributed by atoms with van der Waals surface area (Å²) in [5, 5.41) is 2.97. The quantitative estimate of drug-likeness (QED) is 0.754. The minimum absolute atomic E-state index is 0.0608. The first kappa shape index (κ1) is 12.5. The molecule has 0 aliphatic heterocycles. The molecule has 0 bridgehead atoms. The van der Waals surface area contributed by atoms with Crippen molar-refractivity contribution in [3.05, 3.63) is 48.6 Å². The smallest absolute Gasteiger partial charge is 0.221 e. The van der Waals surface area contributed by atoms with Crippen LogP contribution < -0.4 is 5.32 Å². The van der Waals surface area contributed by atoms with Crippen LogP contribution in [0.4, 0.5) is 0 Å². The number of hydrogen-bond acceptors (Lipinski definition) is 1. The highest BCUT2D eigenvalue weighted by Gasteiger charge is 2.10. The van der Waals surface area contributed by atoms with Crippen LogP contribution in [0.5, 0.6) is 0 Å². The molecule has 2 heteroatoms. The average Bonchev–Trinajstić information content (AvgIpc) is 2.29. The van der Waals surface area contributed by atoms with Crippen LogP contribution in [0, 0.1) is 5.92 Å². The minimum Gasteiger partial charge on any atom is -0.350 e. The van der Waals surface area contributed by atoms with Crippen LogP contribution in [0.2, 0.25) is 0 Å². The number of benzene rings is 1. The lowest BCUT2D eigenvalue weighted by Gasteiger charge is -2.15. The highest BCUT2D eigenvalue weighted by atomic mass is 16.1. The lowest BCUT2D eigenvalue weighted by atomic mass is 10.1. The molecule has 2 atom stereocenters. The Kier molecular flexibility index (Phi) is 4.77. The van der Waals surface area contributed by atoms with Gasteiger partial charge in [0.2, 0.25) is 5.91 Å². The minimum atomic E-state index is 0.0608. The Morgan fingerprint density at radius 1 is 1.38 bits per heavy atom. The van der Waals surface area contributed by atoms with Gasteiger partial charge in [-0.05, 0) is 18.4 Å². The molecule has 0 heterocycles. The van der Waals surface area contributed by atoms with Gasteiger partial charge in [0.15, 0.2) is 0 Å². The van der Waals surface area contributed by atoms with Gasteiger partial charge in [0, 0.05) is 6.42 Å². The zero-order valence-electron chi connectivity index (χ0n) is 9.94. The van der Waals surface area contributed by atoms with Gasteiger partial charge in [0.1, 0.15) is 0 Å². The Hall–Kier alpha value is -1.57. The molecule has 1 aromatic rings. The molecule has 0 fully saturated rings. The maximum Gasteiger partial charge on any atom is 0.221 e. The van der Waals surface area contributed by atoms with E-state index in [1.807, 2.05) is 44.2 Å². The fourth-order valence-corrected chi connectivity index (χ4v) is 1.50. The lowest BCUT2D eigenvalue weighted by molar-refractivity contribution is -0.122. The van der Waals surface area contributed by atoms with E-state index in [4.69, 9.17) is 0 Å². The van der Waals surface area contributed by atoms with Crippen molar-refractivity contribution in [1.29, 1.82) is 0 Å². The number of carbonyl (C=O) groups excluding carboxylic acids is 1. The number of hydrogen-bond donors (Lipinski definition) is 1. The van der Waals surface area contributed by atoms with Gasteiger partial charge in [-0.15, -0.1) is 6.58 Å². The van der Waals surface area contributed by atoms with E-state index < -0.39 is 0 Å². The fraction of sp³-hybridized carbons (Fsp3) is 0.357. The molecule has 0 saturated heterocycles. The molecule has 86 valence electrons. The summed E-state index contributed by atoms with van der Waals surface area (Å²) in [4.78, 5) is 11.6. The largest absolute Gasteiger partial charge is 0.350 e. The van der Waals surface area contributed by atoms with Gasteiger partial charge in [-0.2, -0.15) is 0 Å². The van der Waals surface area contributed by atoms with Gasteiger partial charge < -0.3 is 5.32 Å². The van der Waals surface area contributed by atoms with Crippen LogP contribution in [0.3, 0.4) is 0 Å². The third-order valence-electron chi connectivity index (χ3n) is 2.59. The van der Waals surface area contributed by atoms with Gasteiger partial charge in [-0.25, -0.2) is 0 Å². The summed E-state index contributed by atoms with van der Waals surface area (Å²) in [6.45, 7) is 7.65. The van der Waals surface area contributed by atoms with E-state index in [9.17, 15) is 4.79 Å². The SMILES string of the molecule is C=C[C@H](C)CC(=O)N[C@H](C)c1ccccc1. The summed E-state index contributed by atoms with van der Waals surface area (Å²) < 4.78 is 0. The number of rotatable bonds is 5. The van der Waals surface area contributed by atoms with Crippen molar-refractivity contribution in [2.45, 2.75) is 26.3 Å². The summed E-state index contributed by atoms with van der Waals surface area (Å²) in [5.41, 5.74) is 1.13. The van der Waals surface area contributed by atoms with E-state index in [0.717, 1.165) is 5.56 Å². The summed E-state index contributed by atoms with van der Waals surface area (Å²) in [6.07, 6.45) is 2.30. The predicted molar refractivity (Wildman–Crippen MR) is 67.0 cm³/mol. The highest BCUT2D eigenvalue weighted by molar-refractivity contribution is 5.76. The van der Waals surface area contributed by atoms with Crippen LogP contribution >= 0.6 is 0 Å². The molecule has 0 radical (unpaired) electrons. The second-order valence-electron chi connectivity index (χ2n) is 4.12. The standard InChI is InChI=1S/C14H19NO/c1-4-11(2)10-14(16)15-12(3)13-8-6-5-7-9-13/h4-9,11-12H,1,10H2,2-3H3,(H,15,16)/t11-,12+/m0/s1. The van der Waals surface area contributed by atoms with Crippen molar-refractivity contribution in [3.8, 4) is 0 Å². The third kappa shape index (κ3) is 3.89. The van der Waals surface area contributed by atoms with E-state index in [1.165, 1.54) is 0 Å². The van der Waals surface area contributed by atoms with E-state index in [0.29, 0.717) is 6.42 Å². The summed E-state index contributed by atoms with van der Waals surface area (Å²) in [6, 6.07) is 10.0. The molecule has 0 aromatic heterocycles. The number of nitrogens with one attached hydrogen (secondary N) is 1. The van der Waals surface area contributed by atoms with E-state index in [2.05, 4.69) is 11.9 Å². The predicted octanol–water partition coefficient (Wildman–Crippen LogP) is 3.08. The molecule has 1 aromatic carbocycles. The first-order chi connectivity index (χ1) is 7.63. The van der Waals surface area contributed by atoms with E-state index in [1.54, 1.807) is 6.08 Å². The van der Waals surface area contributed by atoms with Gasteiger partial charge >= 0.3 is 0 Å². The maximum absolute atomic E-state index is 11.6. The van der Waals surface area contributed by atoms with Gasteiger partial charge in [0.05, 0.1) is 6.04 Å². The van der Waals surface area contributed by atoms with Crippen LogP contribution in [0.25, 0.3) is 0 Å². The topological polar surface area (TPSA) is 29.1 Å². The summed E-state index contributed by atoms with van der Waals surface area (Å²) in [7, 11) is 0. The monoisotopic (exact) mass is 217 g/mol. The Bertz CT molecular complexity index is 345. The Labute approximate surface area is 97.4 Å². The Morgan fingerprint density at radius 2 is 2.00 bits per heavy atom. The van der Waals surface area contributed by atoms with Gasteiger partial charge in [0.25, 0.3) is 0 Å². The van der Waals surface area contributed by atoms with Crippen LogP contribution in [0.15, 0.2) is 43.0 Å². The third-order valence-corrected chi connectivity index (χ3v) is 2.59. The number of allylic oxidation sites excluding steroid dienone is 1. The highest BCUT2D eigenvalue weighted by Crippen LogP contribution is 2.12. The molecule has 0 aliphatic carbocycles. The van der Waals surface area contributed by atoms with Crippen molar-refractivity contribution in [2.75, 3.05) is 0 Å². The van der Waals surface area contributed by atoms with Crippen LogP contribution in [-0.4, -0.2) is 5.91 Å². The molecule has 0 spiro atoms. The number of carbonyl (C=O) groups is 1. The van der Waals surface area contributed by atoms with Crippen LogP contribution in [0.1, 0.15) is 31.9 Å². The normalized spacial score (nSPS) is 13.9. The van der Waals surface area contributed by atoms with Gasteiger partial charge in [-0.3, -0.25) is 4.79 Å². The summed E-state index contributed by atoms with van der Waals surface area (Å²) >= 11 is 0. The molecule has 1 amide bonds. The second-order valence-corrected chi connectivity index (χ2v) is 4.12. The van der Waals surface area contributed by atoms with Crippen molar-refractivity contribution < 1.29 is 4.79 Å². The number of amides is 1. The fourth-order valence-electron chi connectivity index (χ4n) is 1.50. The molecule has 0 saturated carbocycles. The molecular weight excluding hydrogens is 198 g/mol. The summed E-state index contributed by atoms with van der Waals surface area (Å²) in [5.74, 6) is 0.298. The van der Waals surface area contributed by atoms with E-state index in [-0.39, 0.29) is 17.9 Å². The molecule has 16 heavy (non-hydrogen) atoms. The second kappa shape index (κ2) is 6.11. The van der Waals surface area contributed by atoms with E-state index >= 15 is 0 Å². The average molecular weight is 217 g/mol. The molecule has 1 N–H and O–H groups in total. The lowest BCUT2D eigenvalue weighted by Crippen LogP contribution is -2.27. The maximum atomic E-state index is 11.6. The van der Waals surface area contributed by atoms with Crippen molar-refractivity contribution in [3.63, 3.8) is 0 Å². The van der Waals surface area contributed by atoms with Crippen LogP contribution in [-0.2, 0) is 4.79 Å². The molecule has 0 aliphatic rings. The first-order valence-corrected chi connectivity index (χ1v) is 5.60. The van der Waals surface area contributed by atoms with Crippen molar-refractivity contribution in [2.24, 2.45) is 5.92 Å². The first-order valence-electron chi connectivity index (χ1n) is 5.60. The molecule has 2 nitrogen and oxygen atoms in total. The molecule has 0 unspecified atom stereocenters. The Balaban J connectivity index is 2.49. The molecule has 1 rings (SSSR count). The Morgan fingerprint density at radius 3 is 2.56 bits per heavy atom. The van der Waals surface area contributed by atoms with Crippen molar-refractivity contribution in [1.82, 2.24) is 5.32 Å².